The Bertz CT molecular complexity index is 714. The summed E-state index contributed by atoms with van der Waals surface area (Å²) < 4.78 is 10.1. The first-order chi connectivity index (χ1) is 9.45. The standard InChI is InChI=1S/C15H16O5/c1-4-19-14(17)8(2)11-7-10-5-6-12(16)9(3)13(10)20-15(11)18/h5-8,16H,4H2,1-3H3. The fraction of sp³-hybridized carbons (Fsp3) is 0.333. The Balaban J connectivity index is 2.57. The number of hydrogen-bond acceptors (Lipinski definition) is 5. The molecule has 1 heterocycles. The van der Waals surface area contributed by atoms with Crippen molar-refractivity contribution in [3.8, 4) is 5.75 Å². The molecule has 0 aliphatic carbocycles. The van der Waals surface area contributed by atoms with E-state index in [1.54, 1.807) is 32.9 Å². The van der Waals surface area contributed by atoms with Gasteiger partial charge in [-0.2, -0.15) is 0 Å². The number of aryl methyl sites for hydroxylation is 1. The van der Waals surface area contributed by atoms with Crippen molar-refractivity contribution in [1.29, 1.82) is 0 Å². The van der Waals surface area contributed by atoms with Crippen LogP contribution in [0.5, 0.6) is 5.75 Å². The topological polar surface area (TPSA) is 76.7 Å². The zero-order valence-electron chi connectivity index (χ0n) is 11.6. The summed E-state index contributed by atoms with van der Waals surface area (Å²) in [7, 11) is 0. The molecule has 106 valence electrons. The van der Waals surface area contributed by atoms with Gasteiger partial charge in [0.1, 0.15) is 11.3 Å². The van der Waals surface area contributed by atoms with E-state index in [-0.39, 0.29) is 17.9 Å². The molecule has 1 aromatic carbocycles. The second kappa shape index (κ2) is 5.36. The van der Waals surface area contributed by atoms with Gasteiger partial charge in [0.25, 0.3) is 0 Å². The summed E-state index contributed by atoms with van der Waals surface area (Å²) in [6.45, 7) is 5.23. The molecule has 2 rings (SSSR count). The quantitative estimate of drug-likeness (QED) is 0.688. The molecule has 1 unspecified atom stereocenters. The van der Waals surface area contributed by atoms with Gasteiger partial charge in [-0.1, -0.05) is 0 Å². The van der Waals surface area contributed by atoms with Crippen LogP contribution in [-0.2, 0) is 9.53 Å². The first-order valence-electron chi connectivity index (χ1n) is 6.38. The van der Waals surface area contributed by atoms with Crippen molar-refractivity contribution >= 4 is 16.9 Å². The Morgan fingerprint density at radius 3 is 2.80 bits per heavy atom. The van der Waals surface area contributed by atoms with Crippen molar-refractivity contribution < 1.29 is 19.1 Å². The molecule has 5 nitrogen and oxygen atoms in total. The van der Waals surface area contributed by atoms with E-state index in [9.17, 15) is 14.7 Å². The Morgan fingerprint density at radius 1 is 1.45 bits per heavy atom. The van der Waals surface area contributed by atoms with Crippen molar-refractivity contribution in [2.75, 3.05) is 6.61 Å². The smallest absolute Gasteiger partial charge is 0.340 e. The monoisotopic (exact) mass is 276 g/mol. The molecule has 1 N–H and O–H groups in total. The van der Waals surface area contributed by atoms with Crippen LogP contribution in [0.2, 0.25) is 0 Å². The Kier molecular flexibility index (Phi) is 3.79. The number of carbonyl (C=O) groups excluding carboxylic acids is 1. The summed E-state index contributed by atoms with van der Waals surface area (Å²) in [6, 6.07) is 4.77. The van der Waals surface area contributed by atoms with Gasteiger partial charge >= 0.3 is 11.6 Å². The van der Waals surface area contributed by atoms with Crippen LogP contribution in [0, 0.1) is 6.92 Å². The van der Waals surface area contributed by atoms with Gasteiger partial charge in [0, 0.05) is 10.9 Å². The molecule has 20 heavy (non-hydrogen) atoms. The molecular formula is C15H16O5. The molecule has 0 saturated heterocycles. The lowest BCUT2D eigenvalue weighted by Crippen LogP contribution is -2.19. The van der Waals surface area contributed by atoms with Gasteiger partial charge < -0.3 is 14.3 Å². The number of phenols is 1. The largest absolute Gasteiger partial charge is 0.508 e. The molecule has 0 saturated carbocycles. The third-order valence-corrected chi connectivity index (χ3v) is 3.26. The van der Waals surface area contributed by atoms with Crippen LogP contribution in [0.3, 0.4) is 0 Å². The first-order valence-corrected chi connectivity index (χ1v) is 6.38. The summed E-state index contributed by atoms with van der Waals surface area (Å²) in [5.74, 6) is -1.09. The number of ether oxygens (including phenoxy) is 1. The molecule has 2 aromatic rings. The molecule has 0 bridgehead atoms. The lowest BCUT2D eigenvalue weighted by atomic mass is 10.0. The molecule has 0 aliphatic rings. The number of aromatic hydroxyl groups is 1. The molecule has 0 aliphatic heterocycles. The highest BCUT2D eigenvalue weighted by Gasteiger charge is 2.21. The predicted octanol–water partition coefficient (Wildman–Crippen LogP) is 2.47. The minimum Gasteiger partial charge on any atom is -0.508 e. The van der Waals surface area contributed by atoms with E-state index < -0.39 is 17.5 Å². The first kappa shape index (κ1) is 14.1. The highest BCUT2D eigenvalue weighted by molar-refractivity contribution is 5.84. The van der Waals surface area contributed by atoms with Crippen molar-refractivity contribution in [2.45, 2.75) is 26.7 Å². The number of benzene rings is 1. The average Bonchev–Trinajstić information content (AvgIpc) is 2.42. The normalized spacial score (nSPS) is 12.3. The second-order valence-corrected chi connectivity index (χ2v) is 4.59. The van der Waals surface area contributed by atoms with E-state index >= 15 is 0 Å². The lowest BCUT2D eigenvalue weighted by Gasteiger charge is -2.11. The summed E-state index contributed by atoms with van der Waals surface area (Å²) in [6.07, 6.45) is 0. The van der Waals surface area contributed by atoms with E-state index in [4.69, 9.17) is 9.15 Å². The van der Waals surface area contributed by atoms with E-state index in [1.165, 1.54) is 6.07 Å². The van der Waals surface area contributed by atoms with Crippen LogP contribution in [0.1, 0.15) is 30.9 Å². The number of hydrogen-bond donors (Lipinski definition) is 1. The average molecular weight is 276 g/mol. The molecule has 0 amide bonds. The van der Waals surface area contributed by atoms with E-state index in [0.717, 1.165) is 0 Å². The molecule has 5 heteroatoms. The van der Waals surface area contributed by atoms with Crippen molar-refractivity contribution in [3.05, 3.63) is 39.7 Å². The maximum Gasteiger partial charge on any atom is 0.340 e. The number of rotatable bonds is 3. The van der Waals surface area contributed by atoms with Gasteiger partial charge in [0.15, 0.2) is 0 Å². The molecule has 0 fully saturated rings. The highest BCUT2D eigenvalue weighted by atomic mass is 16.5. The molecule has 1 aromatic heterocycles. The van der Waals surface area contributed by atoms with Crippen LogP contribution < -0.4 is 5.63 Å². The minimum atomic E-state index is -0.690. The zero-order valence-corrected chi connectivity index (χ0v) is 11.6. The number of carbonyl (C=O) groups is 1. The Labute approximate surface area is 115 Å². The summed E-state index contributed by atoms with van der Waals surface area (Å²) in [5.41, 5.74) is 0.484. The van der Waals surface area contributed by atoms with Crippen LogP contribution in [-0.4, -0.2) is 17.7 Å². The summed E-state index contributed by atoms with van der Waals surface area (Å²) in [5, 5.41) is 10.3. The molecule has 0 radical (unpaired) electrons. The van der Waals surface area contributed by atoms with E-state index in [1.807, 2.05) is 0 Å². The number of fused-ring (bicyclic) bond motifs is 1. The molecule has 1 atom stereocenters. The van der Waals surface area contributed by atoms with Crippen molar-refractivity contribution in [1.82, 2.24) is 0 Å². The third kappa shape index (κ3) is 2.39. The van der Waals surface area contributed by atoms with Crippen molar-refractivity contribution in [3.63, 3.8) is 0 Å². The van der Waals surface area contributed by atoms with Gasteiger partial charge in [0.05, 0.1) is 18.1 Å². The third-order valence-electron chi connectivity index (χ3n) is 3.26. The van der Waals surface area contributed by atoms with Crippen molar-refractivity contribution in [2.24, 2.45) is 0 Å². The van der Waals surface area contributed by atoms with Gasteiger partial charge in [-0.25, -0.2) is 4.79 Å². The van der Waals surface area contributed by atoms with Gasteiger partial charge in [-0.3, -0.25) is 4.79 Å². The van der Waals surface area contributed by atoms with Crippen LogP contribution in [0.25, 0.3) is 11.0 Å². The second-order valence-electron chi connectivity index (χ2n) is 4.59. The minimum absolute atomic E-state index is 0.0619. The molecule has 0 spiro atoms. The van der Waals surface area contributed by atoms with E-state index in [2.05, 4.69) is 0 Å². The maximum absolute atomic E-state index is 12.0. The van der Waals surface area contributed by atoms with Crippen LogP contribution in [0.4, 0.5) is 0 Å². The van der Waals surface area contributed by atoms with Gasteiger partial charge in [-0.15, -0.1) is 0 Å². The van der Waals surface area contributed by atoms with Crippen LogP contribution >= 0.6 is 0 Å². The van der Waals surface area contributed by atoms with Crippen LogP contribution in [0.15, 0.2) is 27.4 Å². The SMILES string of the molecule is CCOC(=O)C(C)c1cc2ccc(O)c(C)c2oc1=O. The fourth-order valence-electron chi connectivity index (χ4n) is 2.03. The van der Waals surface area contributed by atoms with E-state index in [0.29, 0.717) is 16.5 Å². The Hall–Kier alpha value is -2.30. The van der Waals surface area contributed by atoms with Gasteiger partial charge in [-0.05, 0) is 39.0 Å². The molecular weight excluding hydrogens is 260 g/mol. The number of esters is 1. The van der Waals surface area contributed by atoms with Gasteiger partial charge in [0.2, 0.25) is 0 Å². The maximum atomic E-state index is 12.0. The zero-order chi connectivity index (χ0) is 14.9. The summed E-state index contributed by atoms with van der Waals surface area (Å²) in [4.78, 5) is 23.7. The highest BCUT2D eigenvalue weighted by Crippen LogP contribution is 2.27. The Morgan fingerprint density at radius 2 is 2.15 bits per heavy atom. The fourth-order valence-corrected chi connectivity index (χ4v) is 2.03. The number of phenolic OH excluding ortho intramolecular Hbond substituents is 1. The predicted molar refractivity (Wildman–Crippen MR) is 73.9 cm³/mol. The lowest BCUT2D eigenvalue weighted by molar-refractivity contribution is -0.144. The summed E-state index contributed by atoms with van der Waals surface area (Å²) >= 11 is 0.